The molecule has 5 aromatic rings. The topological polar surface area (TPSA) is 108 Å². The molecule has 5 aromatic carbocycles. The fraction of sp³-hybridized carbons (Fsp3) is 0.214. The van der Waals surface area contributed by atoms with Crippen molar-refractivity contribution in [1.29, 1.82) is 0 Å². The molecule has 0 radical (unpaired) electrons. The summed E-state index contributed by atoms with van der Waals surface area (Å²) in [4.78, 5) is 42.3. The maximum absolute atomic E-state index is 14.7. The van der Waals surface area contributed by atoms with E-state index in [0.717, 1.165) is 44.5 Å². The number of hydrogen-bond acceptors (Lipinski definition) is 7. The molecule has 8 nitrogen and oxygen atoms in total. The Morgan fingerprint density at radius 3 is 1.31 bits per heavy atom. The second-order valence-corrected chi connectivity index (χ2v) is 13.1. The number of unbranched alkanes of at least 4 members (excludes halogenated alkanes) is 1. The number of hydrogen-bond donors (Lipinski definition) is 1. The summed E-state index contributed by atoms with van der Waals surface area (Å²) in [5, 5.41) is 0. The Balaban J connectivity index is 1.21. The average molecular weight is 757 g/mol. The van der Waals surface area contributed by atoms with Gasteiger partial charge in [-0.25, -0.2) is 27.6 Å². The second-order valence-electron chi connectivity index (χ2n) is 13.1. The Labute approximate surface area is 312 Å². The summed E-state index contributed by atoms with van der Waals surface area (Å²) in [6.45, 7) is -0.486. The number of ether oxygens (including phenoxy) is 3. The van der Waals surface area contributed by atoms with Crippen LogP contribution >= 0.6 is 0 Å². The smallest absolute Gasteiger partial charge is 0.420 e. The Kier molecular flexibility index (Phi) is 10.6. The van der Waals surface area contributed by atoms with Crippen molar-refractivity contribution in [2.45, 2.75) is 37.1 Å². The highest BCUT2D eigenvalue weighted by Crippen LogP contribution is 2.46. The molecule has 0 bridgehead atoms. The number of rotatable bonds is 11. The predicted molar refractivity (Wildman–Crippen MR) is 191 cm³/mol. The number of carbonyl (C=O) groups excluding carboxylic acids is 3. The normalized spacial score (nSPS) is 13.3. The van der Waals surface area contributed by atoms with Crippen LogP contribution in [0.5, 0.6) is 5.75 Å². The van der Waals surface area contributed by atoms with Crippen LogP contribution in [-0.2, 0) is 14.3 Å². The van der Waals surface area contributed by atoms with Crippen molar-refractivity contribution in [2.24, 2.45) is 5.73 Å². The summed E-state index contributed by atoms with van der Waals surface area (Å²) in [6, 6.07) is 27.9. The Hall–Kier alpha value is -6.08. The maximum Gasteiger partial charge on any atom is 0.420 e. The number of fused-ring (bicyclic) bond motifs is 6. The number of amides is 2. The van der Waals surface area contributed by atoms with Gasteiger partial charge in [0.1, 0.15) is 19.3 Å². The fourth-order valence-electron chi connectivity index (χ4n) is 7.33. The van der Waals surface area contributed by atoms with E-state index in [2.05, 4.69) is 0 Å². The van der Waals surface area contributed by atoms with E-state index in [-0.39, 0.29) is 39.0 Å². The zero-order chi connectivity index (χ0) is 38.8. The van der Waals surface area contributed by atoms with Gasteiger partial charge in [0, 0.05) is 11.8 Å². The van der Waals surface area contributed by atoms with E-state index < -0.39 is 70.9 Å². The third-order valence-corrected chi connectivity index (χ3v) is 9.95. The Morgan fingerprint density at radius 2 is 0.927 bits per heavy atom. The molecule has 13 heteroatoms. The lowest BCUT2D eigenvalue weighted by molar-refractivity contribution is -0.140. The van der Waals surface area contributed by atoms with Gasteiger partial charge in [-0.2, -0.15) is 13.7 Å². The SMILES string of the molecule is NCCCC[C@@H](C(=O)Oc1c(F)c(F)c(F)c(F)c1F)N(C(=O)OCC1c2ccccc2-c2ccccc21)C(=O)OCC1c2ccccc2-c2ccccc21. The minimum Gasteiger partial charge on any atom is -0.448 e. The zero-order valence-corrected chi connectivity index (χ0v) is 29.1. The first kappa shape index (κ1) is 37.2. The Bertz CT molecular complexity index is 2070. The first-order valence-electron chi connectivity index (χ1n) is 17.5. The first-order valence-corrected chi connectivity index (χ1v) is 17.5. The van der Waals surface area contributed by atoms with Crippen molar-refractivity contribution in [2.75, 3.05) is 19.8 Å². The summed E-state index contributed by atoms with van der Waals surface area (Å²) in [7, 11) is 0. The fourth-order valence-corrected chi connectivity index (χ4v) is 7.33. The van der Waals surface area contributed by atoms with E-state index in [1.54, 1.807) is 0 Å². The number of carbonyl (C=O) groups is 3. The second kappa shape index (κ2) is 15.7. The standard InChI is InChI=1S/C42H33F5N2O6/c43-34-35(44)37(46)39(38(47)36(34)45)55-40(50)33(19-9-10-20-48)49(41(51)53-21-31-27-15-5-1-11-23(27)24-12-2-6-16-28(24)31)42(52)54-22-32-29-17-7-3-13-25(29)26-14-4-8-18-30(26)32/h1-8,11-18,31-33H,9-10,19-22,48H2/t33-/m0/s1. The van der Waals surface area contributed by atoms with Gasteiger partial charge in [0.25, 0.3) is 0 Å². The molecule has 2 aliphatic carbocycles. The van der Waals surface area contributed by atoms with Crippen LogP contribution in [-0.4, -0.2) is 48.9 Å². The van der Waals surface area contributed by atoms with Gasteiger partial charge in [-0.05, 0) is 70.3 Å². The highest BCUT2D eigenvalue weighted by Gasteiger charge is 2.42. The largest absolute Gasteiger partial charge is 0.448 e. The number of halogens is 5. The van der Waals surface area contributed by atoms with Gasteiger partial charge in [-0.15, -0.1) is 0 Å². The van der Waals surface area contributed by atoms with Gasteiger partial charge in [0.05, 0.1) is 0 Å². The lowest BCUT2D eigenvalue weighted by Crippen LogP contribution is -2.51. The first-order chi connectivity index (χ1) is 26.6. The lowest BCUT2D eigenvalue weighted by Gasteiger charge is -2.28. The van der Waals surface area contributed by atoms with Crippen molar-refractivity contribution in [3.8, 4) is 28.0 Å². The van der Waals surface area contributed by atoms with E-state index in [9.17, 15) is 36.3 Å². The molecule has 282 valence electrons. The van der Waals surface area contributed by atoms with Gasteiger partial charge in [-0.3, -0.25) is 0 Å². The van der Waals surface area contributed by atoms with E-state index in [4.69, 9.17) is 19.9 Å². The van der Waals surface area contributed by atoms with Crippen LogP contribution in [0.1, 0.15) is 53.4 Å². The summed E-state index contributed by atoms with van der Waals surface area (Å²) in [6.07, 6.45) is -2.80. The predicted octanol–water partition coefficient (Wildman–Crippen LogP) is 8.99. The number of nitrogens with two attached hydrogens (primary N) is 1. The molecule has 0 aliphatic heterocycles. The molecule has 55 heavy (non-hydrogen) atoms. The highest BCUT2D eigenvalue weighted by molar-refractivity contribution is 5.94. The van der Waals surface area contributed by atoms with E-state index in [1.807, 2.05) is 97.1 Å². The van der Waals surface area contributed by atoms with Gasteiger partial charge in [0.15, 0.2) is 0 Å². The average Bonchev–Trinajstić information content (AvgIpc) is 3.71. The number of benzene rings is 5. The minimum atomic E-state index is -2.46. The maximum atomic E-state index is 14.7. The molecule has 7 rings (SSSR count). The van der Waals surface area contributed by atoms with Crippen molar-refractivity contribution in [1.82, 2.24) is 4.90 Å². The van der Waals surface area contributed by atoms with Crippen molar-refractivity contribution in [3.63, 3.8) is 0 Å². The van der Waals surface area contributed by atoms with Gasteiger partial charge >= 0.3 is 18.2 Å². The van der Waals surface area contributed by atoms with Crippen LogP contribution in [0.3, 0.4) is 0 Å². The molecule has 0 spiro atoms. The van der Waals surface area contributed by atoms with Gasteiger partial charge < -0.3 is 19.9 Å². The number of esters is 1. The Morgan fingerprint density at radius 1 is 0.564 bits per heavy atom. The number of imide groups is 1. The van der Waals surface area contributed by atoms with Crippen LogP contribution in [0.15, 0.2) is 97.1 Å². The van der Waals surface area contributed by atoms with E-state index in [1.165, 1.54) is 0 Å². The summed E-state index contributed by atoms with van der Waals surface area (Å²) in [5.74, 6) is -16.5. The molecule has 2 N–H and O–H groups in total. The van der Waals surface area contributed by atoms with Gasteiger partial charge in [0.2, 0.25) is 34.8 Å². The molecule has 0 aromatic heterocycles. The molecule has 2 aliphatic rings. The minimum absolute atomic E-state index is 0.0666. The van der Waals surface area contributed by atoms with E-state index in [0.29, 0.717) is 4.90 Å². The van der Waals surface area contributed by atoms with Crippen LogP contribution in [0, 0.1) is 29.1 Å². The van der Waals surface area contributed by atoms with E-state index >= 15 is 0 Å². The monoisotopic (exact) mass is 756 g/mol. The molecule has 2 amide bonds. The molecule has 0 saturated heterocycles. The van der Waals surface area contributed by atoms with Crippen LogP contribution in [0.25, 0.3) is 22.3 Å². The summed E-state index contributed by atoms with van der Waals surface area (Å²) >= 11 is 0. The summed E-state index contributed by atoms with van der Waals surface area (Å²) in [5.41, 5.74) is 12.7. The van der Waals surface area contributed by atoms with Gasteiger partial charge in [-0.1, -0.05) is 97.1 Å². The van der Waals surface area contributed by atoms with Crippen LogP contribution in [0.4, 0.5) is 31.5 Å². The molecular weight excluding hydrogens is 723 g/mol. The molecule has 0 heterocycles. The molecule has 1 atom stereocenters. The molecule has 0 fully saturated rings. The molecular formula is C42H33F5N2O6. The lowest BCUT2D eigenvalue weighted by atomic mass is 9.98. The van der Waals surface area contributed by atoms with Crippen LogP contribution in [0.2, 0.25) is 0 Å². The third-order valence-electron chi connectivity index (χ3n) is 9.95. The number of nitrogens with zero attached hydrogens (tertiary/aromatic N) is 1. The van der Waals surface area contributed by atoms with Crippen molar-refractivity contribution < 1.29 is 50.5 Å². The molecule has 0 unspecified atom stereocenters. The van der Waals surface area contributed by atoms with Crippen LogP contribution < -0.4 is 10.5 Å². The zero-order valence-electron chi connectivity index (χ0n) is 29.1. The summed E-state index contributed by atoms with van der Waals surface area (Å²) < 4.78 is 87.7. The van der Waals surface area contributed by atoms with Crippen molar-refractivity contribution in [3.05, 3.63) is 148 Å². The highest BCUT2D eigenvalue weighted by atomic mass is 19.2. The third kappa shape index (κ3) is 6.91. The van der Waals surface area contributed by atoms with Crippen molar-refractivity contribution >= 4 is 18.2 Å². The quantitative estimate of drug-likeness (QED) is 0.0358. The molecule has 0 saturated carbocycles.